The van der Waals surface area contributed by atoms with E-state index in [9.17, 15) is 0 Å². The quantitative estimate of drug-likeness (QED) is 0.519. The van der Waals surface area contributed by atoms with Crippen LogP contribution < -0.4 is 0 Å². The molecule has 0 radical (unpaired) electrons. The van der Waals surface area contributed by atoms with E-state index in [2.05, 4.69) is 20.8 Å². The van der Waals surface area contributed by atoms with Gasteiger partial charge < -0.3 is 0 Å². The fraction of sp³-hybridized carbons (Fsp3) is 0.900. The van der Waals surface area contributed by atoms with Crippen LogP contribution in [0.5, 0.6) is 0 Å². The maximum absolute atomic E-state index is 7.29. The first kappa shape index (κ1) is 14.5. The predicted molar refractivity (Wildman–Crippen MR) is 61.3 cm³/mol. The zero-order chi connectivity index (χ0) is 10.2. The molecule has 0 aromatic carbocycles. The summed E-state index contributed by atoms with van der Waals surface area (Å²) in [6.07, 6.45) is 2.39. The van der Waals surface area contributed by atoms with Gasteiger partial charge in [0.1, 0.15) is 0 Å². The van der Waals surface area contributed by atoms with Gasteiger partial charge in [-0.25, -0.2) is 0 Å². The molecule has 0 saturated carbocycles. The lowest BCUT2D eigenvalue weighted by molar-refractivity contribution is 0.630. The molecule has 74 valence electrons. The Morgan fingerprint density at radius 1 is 1.33 bits per heavy atom. The highest BCUT2D eigenvalue weighted by molar-refractivity contribution is 8.14. The summed E-state index contributed by atoms with van der Waals surface area (Å²) < 4.78 is 0.264. The van der Waals surface area contributed by atoms with Crippen molar-refractivity contribution in [3.05, 3.63) is 0 Å². The molecule has 0 aliphatic rings. The number of nitrogens with one attached hydrogen (secondary N) is 1. The minimum absolute atomic E-state index is 0.264. The smallest absolute Gasteiger partial charge is 0.0615 e. The summed E-state index contributed by atoms with van der Waals surface area (Å²) in [6, 6.07) is 0. The summed E-state index contributed by atoms with van der Waals surface area (Å²) in [6.45, 7) is 12.4. The van der Waals surface area contributed by atoms with Crippen molar-refractivity contribution in [1.82, 2.24) is 0 Å². The van der Waals surface area contributed by atoms with Crippen molar-refractivity contribution in [2.45, 2.75) is 59.1 Å². The van der Waals surface area contributed by atoms with E-state index >= 15 is 0 Å². The van der Waals surface area contributed by atoms with Crippen LogP contribution >= 0.6 is 11.8 Å². The Hall–Kier alpha value is 0.0200. The Labute approximate surface area is 81.8 Å². The van der Waals surface area contributed by atoms with Gasteiger partial charge in [0.15, 0.2) is 0 Å². The second-order valence-electron chi connectivity index (χ2n) is 3.17. The highest BCUT2D eigenvalue weighted by Crippen LogP contribution is 2.29. The molecule has 0 saturated heterocycles. The Balaban J connectivity index is 0. The Kier molecular flexibility index (Phi) is 9.28. The maximum atomic E-state index is 7.29. The molecule has 2 heteroatoms. The van der Waals surface area contributed by atoms with E-state index in [0.29, 0.717) is 0 Å². The lowest BCUT2D eigenvalue weighted by Gasteiger charge is -2.21. The van der Waals surface area contributed by atoms with E-state index in [4.69, 9.17) is 5.41 Å². The molecule has 0 bridgehead atoms. The second-order valence-corrected chi connectivity index (χ2v) is 5.09. The molecule has 0 aromatic heterocycles. The molecule has 1 nitrogen and oxygen atoms in total. The number of thioether (sulfide) groups is 1. The summed E-state index contributed by atoms with van der Waals surface area (Å²) in [5.74, 6) is 0. The average Bonchev–Trinajstić information content (AvgIpc) is 1.88. The predicted octanol–water partition coefficient (Wildman–Crippen LogP) is 4.32. The van der Waals surface area contributed by atoms with Gasteiger partial charge in [-0.3, -0.25) is 5.41 Å². The molecule has 0 aliphatic heterocycles. The van der Waals surface area contributed by atoms with Gasteiger partial charge in [0.2, 0.25) is 0 Å². The second kappa shape index (κ2) is 7.66. The highest BCUT2D eigenvalue weighted by Gasteiger charge is 2.17. The third-order valence-electron chi connectivity index (χ3n) is 1.28. The van der Waals surface area contributed by atoms with Gasteiger partial charge in [-0.2, -0.15) is 0 Å². The van der Waals surface area contributed by atoms with Crippen LogP contribution in [0.1, 0.15) is 54.4 Å². The number of hydrogen-bond donors (Lipinski definition) is 1. The zero-order valence-electron chi connectivity index (χ0n) is 9.32. The van der Waals surface area contributed by atoms with Crippen LogP contribution in [0.4, 0.5) is 0 Å². The number of rotatable bonds is 3. The molecule has 0 fully saturated rings. The van der Waals surface area contributed by atoms with Crippen LogP contribution in [0.3, 0.4) is 0 Å². The summed E-state index contributed by atoms with van der Waals surface area (Å²) in [7, 11) is 0. The Morgan fingerprint density at radius 2 is 1.75 bits per heavy atom. The van der Waals surface area contributed by atoms with Crippen molar-refractivity contribution in [3.63, 3.8) is 0 Å². The van der Waals surface area contributed by atoms with E-state index in [-0.39, 0.29) is 4.75 Å². The third kappa shape index (κ3) is 10.0. The van der Waals surface area contributed by atoms with Crippen molar-refractivity contribution in [3.8, 4) is 0 Å². The molecular weight excluding hydrogens is 166 g/mol. The largest absolute Gasteiger partial charge is 0.299 e. The SMILES string of the molecule is CC.CCCC(C)(C)SC(C)=N. The van der Waals surface area contributed by atoms with Gasteiger partial charge >= 0.3 is 0 Å². The molecule has 0 unspecified atom stereocenters. The molecule has 0 spiro atoms. The van der Waals surface area contributed by atoms with Gasteiger partial charge in [0, 0.05) is 4.75 Å². The third-order valence-corrected chi connectivity index (χ3v) is 2.34. The van der Waals surface area contributed by atoms with E-state index in [1.165, 1.54) is 12.8 Å². The van der Waals surface area contributed by atoms with Crippen molar-refractivity contribution >= 4 is 16.8 Å². The first-order chi connectivity index (χ1) is 5.48. The first-order valence-electron chi connectivity index (χ1n) is 4.72. The molecule has 0 aliphatic carbocycles. The molecule has 0 rings (SSSR count). The van der Waals surface area contributed by atoms with Gasteiger partial charge in [-0.15, -0.1) is 11.8 Å². The van der Waals surface area contributed by atoms with Crippen LogP contribution in [0.25, 0.3) is 0 Å². The lowest BCUT2D eigenvalue weighted by atomic mass is 10.1. The normalized spacial score (nSPS) is 10.2. The topological polar surface area (TPSA) is 23.9 Å². The van der Waals surface area contributed by atoms with Gasteiger partial charge in [-0.05, 0) is 13.3 Å². The monoisotopic (exact) mass is 189 g/mol. The molecule has 12 heavy (non-hydrogen) atoms. The Morgan fingerprint density at radius 3 is 2.00 bits per heavy atom. The number of hydrogen-bond acceptors (Lipinski definition) is 2. The fourth-order valence-electron chi connectivity index (χ4n) is 1.07. The van der Waals surface area contributed by atoms with E-state index in [1.807, 2.05) is 20.8 Å². The van der Waals surface area contributed by atoms with Crippen molar-refractivity contribution < 1.29 is 0 Å². The molecule has 0 atom stereocenters. The van der Waals surface area contributed by atoms with Gasteiger partial charge in [0.25, 0.3) is 0 Å². The lowest BCUT2D eigenvalue weighted by Crippen LogP contribution is -2.15. The van der Waals surface area contributed by atoms with Crippen molar-refractivity contribution in [1.29, 1.82) is 5.41 Å². The molecular formula is C10H23NS. The first-order valence-corrected chi connectivity index (χ1v) is 5.54. The van der Waals surface area contributed by atoms with Crippen molar-refractivity contribution in [2.75, 3.05) is 0 Å². The summed E-state index contributed by atoms with van der Waals surface area (Å²) in [5, 5.41) is 8.01. The van der Waals surface area contributed by atoms with Gasteiger partial charge in [0.05, 0.1) is 5.04 Å². The van der Waals surface area contributed by atoms with Crippen LogP contribution in [-0.4, -0.2) is 9.79 Å². The molecule has 0 amide bonds. The van der Waals surface area contributed by atoms with Crippen molar-refractivity contribution in [2.24, 2.45) is 0 Å². The zero-order valence-corrected chi connectivity index (χ0v) is 10.1. The van der Waals surface area contributed by atoms with Crippen LogP contribution in [-0.2, 0) is 0 Å². The summed E-state index contributed by atoms with van der Waals surface area (Å²) in [4.78, 5) is 0. The van der Waals surface area contributed by atoms with E-state index in [0.717, 1.165) is 5.04 Å². The molecule has 0 heterocycles. The van der Waals surface area contributed by atoms with Gasteiger partial charge in [-0.1, -0.05) is 41.0 Å². The van der Waals surface area contributed by atoms with Crippen LogP contribution in [0.2, 0.25) is 0 Å². The maximum Gasteiger partial charge on any atom is 0.0615 e. The summed E-state index contributed by atoms with van der Waals surface area (Å²) >= 11 is 1.66. The average molecular weight is 189 g/mol. The highest BCUT2D eigenvalue weighted by atomic mass is 32.2. The minimum Gasteiger partial charge on any atom is -0.299 e. The molecule has 1 N–H and O–H groups in total. The standard InChI is InChI=1S/C8H17NS.C2H6/c1-5-6-8(3,4)10-7(2)9;1-2/h9H,5-6H2,1-4H3;1-2H3. The van der Waals surface area contributed by atoms with Crippen LogP contribution in [0, 0.1) is 5.41 Å². The minimum atomic E-state index is 0.264. The summed E-state index contributed by atoms with van der Waals surface area (Å²) in [5.41, 5.74) is 0. The fourth-order valence-corrected chi connectivity index (χ4v) is 2.20. The van der Waals surface area contributed by atoms with Crippen LogP contribution in [0.15, 0.2) is 0 Å². The van der Waals surface area contributed by atoms with E-state index in [1.54, 1.807) is 11.8 Å². The molecule has 0 aromatic rings. The van der Waals surface area contributed by atoms with E-state index < -0.39 is 0 Å². The Bertz CT molecular complexity index is 119.